The zero-order valence-electron chi connectivity index (χ0n) is 13.7. The van der Waals surface area contributed by atoms with Crippen molar-refractivity contribution in [1.29, 1.82) is 0 Å². The molecule has 1 aromatic rings. The molecule has 9 heteroatoms. The molecule has 138 valence electrons. The van der Waals surface area contributed by atoms with Gasteiger partial charge in [0.05, 0.1) is 11.4 Å². The lowest BCUT2D eigenvalue weighted by Crippen LogP contribution is -2.33. The van der Waals surface area contributed by atoms with Gasteiger partial charge in [0.1, 0.15) is 6.61 Å². The van der Waals surface area contributed by atoms with Gasteiger partial charge < -0.3 is 10.1 Å². The first kappa shape index (κ1) is 19.4. The fourth-order valence-electron chi connectivity index (χ4n) is 2.81. The Morgan fingerprint density at radius 2 is 2.12 bits per heavy atom. The molecule has 0 bridgehead atoms. The van der Waals surface area contributed by atoms with Crippen molar-refractivity contribution in [2.24, 2.45) is 0 Å². The average Bonchev–Trinajstić information content (AvgIpc) is 2.58. The summed E-state index contributed by atoms with van der Waals surface area (Å²) in [5.74, 6) is 0.295. The molecule has 3 rings (SSSR count). The molecule has 1 atom stereocenters. The standard InChI is InChI=1S/C17H15Cl3N2O3S/c1-10-15(26-8-14(23)21-10)12-6-7-22(13-5-3-2-4-11(12)13)16(24)25-9-17(18,19)20/h2-7,12H,8-9H2,1H3,(H,21,23). The number of ether oxygens (including phenoxy) is 1. The predicted octanol–water partition coefficient (Wildman–Crippen LogP) is 4.71. The lowest BCUT2D eigenvalue weighted by Gasteiger charge is -2.31. The maximum atomic E-state index is 12.4. The molecule has 1 aromatic carbocycles. The Morgan fingerprint density at radius 1 is 1.38 bits per heavy atom. The molecule has 0 spiro atoms. The van der Waals surface area contributed by atoms with Gasteiger partial charge in [-0.15, -0.1) is 11.8 Å². The van der Waals surface area contributed by atoms with Crippen LogP contribution in [0.5, 0.6) is 0 Å². The highest BCUT2D eigenvalue weighted by Crippen LogP contribution is 2.43. The number of anilines is 1. The highest BCUT2D eigenvalue weighted by Gasteiger charge is 2.31. The number of halogens is 3. The molecule has 0 saturated heterocycles. The second-order valence-corrected chi connectivity index (χ2v) is 9.28. The number of nitrogens with zero attached hydrogens (tertiary/aromatic N) is 1. The van der Waals surface area contributed by atoms with E-state index in [4.69, 9.17) is 39.5 Å². The second kappa shape index (κ2) is 7.72. The Bertz CT molecular complexity index is 805. The first-order valence-electron chi connectivity index (χ1n) is 7.69. The first-order chi connectivity index (χ1) is 12.3. The van der Waals surface area contributed by atoms with E-state index in [1.54, 1.807) is 6.20 Å². The van der Waals surface area contributed by atoms with Crippen molar-refractivity contribution >= 4 is 64.3 Å². The predicted molar refractivity (Wildman–Crippen MR) is 106 cm³/mol. The number of carbonyl (C=O) groups is 2. The van der Waals surface area contributed by atoms with Gasteiger partial charge in [0.2, 0.25) is 9.70 Å². The van der Waals surface area contributed by atoms with Crippen molar-refractivity contribution in [2.75, 3.05) is 17.3 Å². The van der Waals surface area contributed by atoms with Crippen LogP contribution < -0.4 is 10.2 Å². The van der Waals surface area contributed by atoms with E-state index in [1.165, 1.54) is 16.7 Å². The van der Waals surface area contributed by atoms with Crippen LogP contribution in [0, 0.1) is 0 Å². The summed E-state index contributed by atoms with van der Waals surface area (Å²) in [7, 11) is 0. The summed E-state index contributed by atoms with van der Waals surface area (Å²) in [5, 5.41) is 2.87. The molecule has 26 heavy (non-hydrogen) atoms. The van der Waals surface area contributed by atoms with Crippen LogP contribution in [-0.2, 0) is 9.53 Å². The van der Waals surface area contributed by atoms with Gasteiger partial charge in [-0.05, 0) is 18.6 Å². The first-order valence-corrected chi connectivity index (χ1v) is 9.81. The van der Waals surface area contributed by atoms with Gasteiger partial charge in [0.25, 0.3) is 0 Å². The zero-order valence-corrected chi connectivity index (χ0v) is 16.8. The Hall–Kier alpha value is -1.34. The van der Waals surface area contributed by atoms with Crippen molar-refractivity contribution in [1.82, 2.24) is 5.32 Å². The van der Waals surface area contributed by atoms with Crippen LogP contribution in [-0.4, -0.2) is 28.2 Å². The van der Waals surface area contributed by atoms with Crippen LogP contribution in [0.1, 0.15) is 18.4 Å². The van der Waals surface area contributed by atoms with Crippen LogP contribution in [0.25, 0.3) is 0 Å². The number of thioether (sulfide) groups is 1. The number of hydrogen-bond donors (Lipinski definition) is 1. The number of fused-ring (bicyclic) bond motifs is 1. The SMILES string of the molecule is CC1=C(C2C=CN(C(=O)OCC(Cl)(Cl)Cl)c3ccccc32)SCC(=O)N1. The Balaban J connectivity index is 1.89. The van der Waals surface area contributed by atoms with E-state index < -0.39 is 9.89 Å². The molecule has 0 aromatic heterocycles. The van der Waals surface area contributed by atoms with Crippen LogP contribution in [0.3, 0.4) is 0 Å². The Kier molecular flexibility index (Phi) is 5.77. The van der Waals surface area contributed by atoms with E-state index in [-0.39, 0.29) is 18.4 Å². The summed E-state index contributed by atoms with van der Waals surface area (Å²) >= 11 is 18.4. The van der Waals surface area contributed by atoms with Crippen molar-refractivity contribution < 1.29 is 14.3 Å². The quantitative estimate of drug-likeness (QED) is 0.687. The molecule has 2 aliphatic rings. The maximum Gasteiger partial charge on any atom is 0.418 e. The number of para-hydroxylation sites is 1. The van der Waals surface area contributed by atoms with Gasteiger partial charge in [-0.1, -0.05) is 59.1 Å². The van der Waals surface area contributed by atoms with Crippen LogP contribution in [0.15, 0.2) is 47.1 Å². The molecule has 2 heterocycles. The minimum atomic E-state index is -1.67. The van der Waals surface area contributed by atoms with Crippen LogP contribution >= 0.6 is 46.6 Å². The number of nitrogens with one attached hydrogen (secondary N) is 1. The molecule has 0 saturated carbocycles. The maximum absolute atomic E-state index is 12.4. The van der Waals surface area contributed by atoms with Crippen molar-refractivity contribution in [2.45, 2.75) is 16.6 Å². The summed E-state index contributed by atoms with van der Waals surface area (Å²) in [4.78, 5) is 26.4. The Labute approximate surface area is 170 Å². The minimum Gasteiger partial charge on any atom is -0.444 e. The van der Waals surface area contributed by atoms with E-state index in [2.05, 4.69) is 5.32 Å². The van der Waals surface area contributed by atoms with Crippen molar-refractivity contribution in [3.8, 4) is 0 Å². The number of amides is 2. The molecule has 0 aliphatic carbocycles. The fraction of sp³-hybridized carbons (Fsp3) is 0.294. The molecule has 1 unspecified atom stereocenters. The third-order valence-electron chi connectivity index (χ3n) is 3.85. The molecule has 1 N–H and O–H groups in total. The number of allylic oxidation sites excluding steroid dienone is 3. The highest BCUT2D eigenvalue weighted by molar-refractivity contribution is 8.03. The van der Waals surface area contributed by atoms with Gasteiger partial charge in [-0.3, -0.25) is 9.69 Å². The zero-order chi connectivity index (χ0) is 18.9. The summed E-state index contributed by atoms with van der Waals surface area (Å²) < 4.78 is 3.41. The van der Waals surface area contributed by atoms with Gasteiger partial charge in [0.15, 0.2) is 0 Å². The molecule has 2 amide bonds. The topological polar surface area (TPSA) is 58.6 Å². The summed E-state index contributed by atoms with van der Waals surface area (Å²) in [6, 6.07) is 7.50. The van der Waals surface area contributed by atoms with E-state index >= 15 is 0 Å². The van der Waals surface area contributed by atoms with E-state index in [0.29, 0.717) is 11.4 Å². The summed E-state index contributed by atoms with van der Waals surface area (Å²) in [5.41, 5.74) is 2.44. The van der Waals surface area contributed by atoms with Crippen LogP contribution in [0.4, 0.5) is 10.5 Å². The van der Waals surface area contributed by atoms with Crippen LogP contribution in [0.2, 0.25) is 0 Å². The average molecular weight is 434 g/mol. The highest BCUT2D eigenvalue weighted by atomic mass is 35.6. The van der Waals surface area contributed by atoms with E-state index in [0.717, 1.165) is 16.2 Å². The Morgan fingerprint density at radius 3 is 2.81 bits per heavy atom. The number of rotatable bonds is 2. The summed E-state index contributed by atoms with van der Waals surface area (Å²) in [6.45, 7) is 1.52. The number of benzene rings is 1. The molecule has 5 nitrogen and oxygen atoms in total. The van der Waals surface area contributed by atoms with Gasteiger partial charge in [-0.2, -0.15) is 0 Å². The number of carbonyl (C=O) groups excluding carboxylic acids is 2. The van der Waals surface area contributed by atoms with E-state index in [1.807, 2.05) is 37.3 Å². The van der Waals surface area contributed by atoms with E-state index in [9.17, 15) is 9.59 Å². The molecule has 2 aliphatic heterocycles. The second-order valence-electron chi connectivity index (χ2n) is 5.74. The van der Waals surface area contributed by atoms with Gasteiger partial charge in [0, 0.05) is 22.7 Å². The molecule has 0 fully saturated rings. The lowest BCUT2D eigenvalue weighted by atomic mass is 9.93. The number of hydrogen-bond acceptors (Lipinski definition) is 4. The lowest BCUT2D eigenvalue weighted by molar-refractivity contribution is -0.117. The molecule has 0 radical (unpaired) electrons. The smallest absolute Gasteiger partial charge is 0.418 e. The largest absolute Gasteiger partial charge is 0.444 e. The fourth-order valence-corrected chi connectivity index (χ4v) is 3.98. The van der Waals surface area contributed by atoms with Gasteiger partial charge in [-0.25, -0.2) is 4.79 Å². The molecular formula is C17H15Cl3N2O3S. The third kappa shape index (κ3) is 4.31. The number of alkyl halides is 3. The van der Waals surface area contributed by atoms with Gasteiger partial charge >= 0.3 is 6.09 Å². The van der Waals surface area contributed by atoms with Crippen molar-refractivity contribution in [3.63, 3.8) is 0 Å². The normalized spacial score (nSPS) is 19.9. The third-order valence-corrected chi connectivity index (χ3v) is 5.46. The molecular weight excluding hydrogens is 419 g/mol. The van der Waals surface area contributed by atoms with Crippen molar-refractivity contribution in [3.05, 3.63) is 52.7 Å². The monoisotopic (exact) mass is 432 g/mol. The minimum absolute atomic E-state index is 0.0127. The summed E-state index contributed by atoms with van der Waals surface area (Å²) in [6.07, 6.45) is 2.90.